The van der Waals surface area contributed by atoms with Crippen molar-refractivity contribution in [2.75, 3.05) is 11.1 Å². The van der Waals surface area contributed by atoms with Gasteiger partial charge in [0, 0.05) is 11.7 Å². The molecule has 1 aliphatic rings. The Morgan fingerprint density at radius 1 is 1.44 bits per heavy atom. The van der Waals surface area contributed by atoms with E-state index in [1.54, 1.807) is 0 Å². The van der Waals surface area contributed by atoms with E-state index in [-0.39, 0.29) is 0 Å². The first-order valence-electron chi connectivity index (χ1n) is 6.54. The SMILES string of the molecule is CC1(C)CCC(Nc2nc3ccc(N)cc3[nH]2)C1. The summed E-state index contributed by atoms with van der Waals surface area (Å²) in [5.41, 5.74) is 8.94. The number of H-pyrrole nitrogens is 1. The second kappa shape index (κ2) is 3.90. The van der Waals surface area contributed by atoms with E-state index in [2.05, 4.69) is 29.1 Å². The van der Waals surface area contributed by atoms with Gasteiger partial charge in [0.15, 0.2) is 0 Å². The number of aromatic nitrogens is 2. The van der Waals surface area contributed by atoms with Gasteiger partial charge in [0.25, 0.3) is 0 Å². The van der Waals surface area contributed by atoms with E-state index in [4.69, 9.17) is 5.73 Å². The molecule has 0 bridgehead atoms. The minimum Gasteiger partial charge on any atom is -0.399 e. The van der Waals surface area contributed by atoms with Gasteiger partial charge in [-0.05, 0) is 42.9 Å². The molecule has 1 fully saturated rings. The van der Waals surface area contributed by atoms with Gasteiger partial charge in [-0.2, -0.15) is 0 Å². The number of hydrogen-bond acceptors (Lipinski definition) is 3. The second-order valence-electron chi connectivity index (χ2n) is 6.11. The third-order valence-electron chi connectivity index (χ3n) is 3.82. The maximum atomic E-state index is 5.76. The van der Waals surface area contributed by atoms with E-state index < -0.39 is 0 Å². The molecule has 1 aromatic heterocycles. The second-order valence-corrected chi connectivity index (χ2v) is 6.11. The molecule has 1 saturated carbocycles. The fourth-order valence-electron chi connectivity index (χ4n) is 2.85. The van der Waals surface area contributed by atoms with Crippen LogP contribution < -0.4 is 11.1 Å². The molecule has 4 N–H and O–H groups in total. The maximum Gasteiger partial charge on any atom is 0.201 e. The number of imidazole rings is 1. The topological polar surface area (TPSA) is 66.7 Å². The number of fused-ring (bicyclic) bond motifs is 1. The summed E-state index contributed by atoms with van der Waals surface area (Å²) in [6.45, 7) is 4.65. The fraction of sp³-hybridized carbons (Fsp3) is 0.500. The largest absolute Gasteiger partial charge is 0.399 e. The molecule has 1 heterocycles. The minimum atomic E-state index is 0.452. The Morgan fingerprint density at radius 3 is 3.00 bits per heavy atom. The van der Waals surface area contributed by atoms with Crippen molar-refractivity contribution in [3.63, 3.8) is 0 Å². The number of nitrogens with one attached hydrogen (secondary N) is 2. The Balaban J connectivity index is 1.79. The van der Waals surface area contributed by atoms with Gasteiger partial charge in [0.1, 0.15) is 0 Å². The molecule has 1 aliphatic carbocycles. The van der Waals surface area contributed by atoms with Gasteiger partial charge in [0.2, 0.25) is 5.95 Å². The minimum absolute atomic E-state index is 0.452. The maximum absolute atomic E-state index is 5.76. The number of nitrogens with zero attached hydrogens (tertiary/aromatic N) is 1. The number of hydrogen-bond donors (Lipinski definition) is 3. The van der Waals surface area contributed by atoms with E-state index >= 15 is 0 Å². The van der Waals surface area contributed by atoms with Crippen LogP contribution in [0.15, 0.2) is 18.2 Å². The third kappa shape index (κ3) is 2.15. The predicted molar refractivity (Wildman–Crippen MR) is 75.5 cm³/mol. The van der Waals surface area contributed by atoms with Crippen LogP contribution in [0.2, 0.25) is 0 Å². The lowest BCUT2D eigenvalue weighted by Gasteiger charge is -2.17. The quantitative estimate of drug-likeness (QED) is 0.711. The van der Waals surface area contributed by atoms with Crippen LogP contribution in [-0.2, 0) is 0 Å². The molecule has 1 unspecified atom stereocenters. The van der Waals surface area contributed by atoms with Gasteiger partial charge in [0.05, 0.1) is 11.0 Å². The highest BCUT2D eigenvalue weighted by atomic mass is 15.1. The van der Waals surface area contributed by atoms with Crippen LogP contribution in [0, 0.1) is 5.41 Å². The van der Waals surface area contributed by atoms with Crippen LogP contribution in [0.4, 0.5) is 11.6 Å². The molecule has 0 aliphatic heterocycles. The molecule has 2 aromatic rings. The van der Waals surface area contributed by atoms with E-state index in [0.29, 0.717) is 11.5 Å². The molecular formula is C14H20N4. The number of benzene rings is 1. The average molecular weight is 244 g/mol. The number of nitrogens with two attached hydrogens (primary N) is 1. The molecule has 18 heavy (non-hydrogen) atoms. The molecular weight excluding hydrogens is 224 g/mol. The summed E-state index contributed by atoms with van der Waals surface area (Å²) in [6, 6.07) is 6.28. The Kier molecular flexibility index (Phi) is 2.47. The molecule has 1 atom stereocenters. The summed E-state index contributed by atoms with van der Waals surface area (Å²) in [4.78, 5) is 7.83. The summed E-state index contributed by atoms with van der Waals surface area (Å²) in [5.74, 6) is 0.860. The monoisotopic (exact) mass is 244 g/mol. The highest BCUT2D eigenvalue weighted by molar-refractivity contribution is 5.80. The number of rotatable bonds is 2. The van der Waals surface area contributed by atoms with Gasteiger partial charge in [-0.1, -0.05) is 13.8 Å². The van der Waals surface area contributed by atoms with Crippen molar-refractivity contribution in [1.29, 1.82) is 0 Å². The highest BCUT2D eigenvalue weighted by Crippen LogP contribution is 2.38. The van der Waals surface area contributed by atoms with Gasteiger partial charge >= 0.3 is 0 Å². The van der Waals surface area contributed by atoms with Crippen molar-refractivity contribution in [3.8, 4) is 0 Å². The van der Waals surface area contributed by atoms with Crippen LogP contribution in [0.5, 0.6) is 0 Å². The van der Waals surface area contributed by atoms with Crippen molar-refractivity contribution >= 4 is 22.7 Å². The van der Waals surface area contributed by atoms with Crippen molar-refractivity contribution in [3.05, 3.63) is 18.2 Å². The lowest BCUT2D eigenvalue weighted by atomic mass is 9.92. The van der Waals surface area contributed by atoms with Gasteiger partial charge in [-0.15, -0.1) is 0 Å². The summed E-state index contributed by atoms with van der Waals surface area (Å²) >= 11 is 0. The van der Waals surface area contributed by atoms with Gasteiger partial charge < -0.3 is 16.0 Å². The van der Waals surface area contributed by atoms with Crippen LogP contribution in [0.1, 0.15) is 33.1 Å². The smallest absolute Gasteiger partial charge is 0.201 e. The first-order valence-corrected chi connectivity index (χ1v) is 6.54. The van der Waals surface area contributed by atoms with Gasteiger partial charge in [-0.25, -0.2) is 4.98 Å². The molecule has 0 spiro atoms. The van der Waals surface area contributed by atoms with E-state index in [1.807, 2.05) is 18.2 Å². The Bertz CT molecular complexity index is 570. The van der Waals surface area contributed by atoms with Crippen molar-refractivity contribution in [2.45, 2.75) is 39.2 Å². The summed E-state index contributed by atoms with van der Waals surface area (Å²) < 4.78 is 0. The Hall–Kier alpha value is -1.71. The molecule has 4 nitrogen and oxygen atoms in total. The number of nitrogen functional groups attached to an aromatic ring is 1. The average Bonchev–Trinajstić information content (AvgIpc) is 2.81. The van der Waals surface area contributed by atoms with Crippen LogP contribution in [0.3, 0.4) is 0 Å². The molecule has 4 heteroatoms. The zero-order chi connectivity index (χ0) is 12.8. The molecule has 96 valence electrons. The van der Waals surface area contributed by atoms with E-state index in [1.165, 1.54) is 19.3 Å². The van der Waals surface area contributed by atoms with Crippen molar-refractivity contribution < 1.29 is 0 Å². The van der Waals surface area contributed by atoms with Crippen LogP contribution >= 0.6 is 0 Å². The Morgan fingerprint density at radius 2 is 2.28 bits per heavy atom. The fourth-order valence-corrected chi connectivity index (χ4v) is 2.85. The van der Waals surface area contributed by atoms with E-state index in [0.717, 1.165) is 22.7 Å². The number of anilines is 2. The lowest BCUT2D eigenvalue weighted by Crippen LogP contribution is -2.18. The Labute approximate surface area is 107 Å². The van der Waals surface area contributed by atoms with Crippen LogP contribution in [-0.4, -0.2) is 16.0 Å². The summed E-state index contributed by atoms with van der Waals surface area (Å²) in [6.07, 6.45) is 3.69. The molecule has 0 saturated heterocycles. The molecule has 1 aromatic carbocycles. The molecule has 0 radical (unpaired) electrons. The third-order valence-corrected chi connectivity index (χ3v) is 3.82. The van der Waals surface area contributed by atoms with Crippen molar-refractivity contribution in [1.82, 2.24) is 9.97 Å². The van der Waals surface area contributed by atoms with Gasteiger partial charge in [-0.3, -0.25) is 0 Å². The lowest BCUT2D eigenvalue weighted by molar-refractivity contribution is 0.378. The van der Waals surface area contributed by atoms with Crippen LogP contribution in [0.25, 0.3) is 11.0 Å². The first kappa shape index (κ1) is 11.4. The normalized spacial score (nSPS) is 22.4. The molecule has 3 rings (SSSR count). The highest BCUT2D eigenvalue weighted by Gasteiger charge is 2.31. The van der Waals surface area contributed by atoms with Crippen molar-refractivity contribution in [2.24, 2.45) is 5.41 Å². The zero-order valence-electron chi connectivity index (χ0n) is 11.0. The number of aromatic amines is 1. The predicted octanol–water partition coefficient (Wildman–Crippen LogP) is 3.14. The summed E-state index contributed by atoms with van der Waals surface area (Å²) in [7, 11) is 0. The van der Waals surface area contributed by atoms with E-state index in [9.17, 15) is 0 Å². The standard InChI is InChI=1S/C14H20N4/c1-14(2)6-5-10(8-14)16-13-17-11-4-3-9(15)7-12(11)18-13/h3-4,7,10H,5-6,8,15H2,1-2H3,(H2,16,17,18). The molecule has 0 amide bonds. The summed E-state index contributed by atoms with van der Waals surface area (Å²) in [5, 5.41) is 3.50. The zero-order valence-corrected chi connectivity index (χ0v) is 11.0. The first-order chi connectivity index (χ1) is 8.52.